The van der Waals surface area contributed by atoms with E-state index >= 15 is 0 Å². The van der Waals surface area contributed by atoms with Crippen molar-refractivity contribution in [2.24, 2.45) is 0 Å². The lowest BCUT2D eigenvalue weighted by Gasteiger charge is -2.29. The third kappa shape index (κ3) is 4.30. The largest absolute Gasteiger partial charge is 0.494 e. The van der Waals surface area contributed by atoms with E-state index in [-0.39, 0.29) is 5.91 Å². The molecule has 158 valence electrons. The molecule has 0 bridgehead atoms. The molecule has 0 atom stereocenters. The Morgan fingerprint density at radius 1 is 1.27 bits per heavy atom. The molecule has 1 aliphatic rings. The maximum absolute atomic E-state index is 13.5. The van der Waals surface area contributed by atoms with Crippen LogP contribution in [-0.4, -0.2) is 62.3 Å². The van der Waals surface area contributed by atoms with Gasteiger partial charge in [0.05, 0.1) is 35.6 Å². The molecule has 30 heavy (non-hydrogen) atoms. The number of anilines is 1. The van der Waals surface area contributed by atoms with Gasteiger partial charge in [0.1, 0.15) is 11.3 Å². The number of benzene rings is 2. The Kier molecular flexibility index (Phi) is 6.53. The SMILES string of the molecule is COc1ccc(C)c2sc(N(CCN3CCOCC3)C(=O)c3ccccc3Cl)nc12. The lowest BCUT2D eigenvalue weighted by molar-refractivity contribution is 0.0391. The van der Waals surface area contributed by atoms with Crippen LogP contribution in [0.25, 0.3) is 10.2 Å². The normalized spacial score (nSPS) is 14.8. The summed E-state index contributed by atoms with van der Waals surface area (Å²) in [6.45, 7) is 6.46. The maximum Gasteiger partial charge on any atom is 0.261 e. The lowest BCUT2D eigenvalue weighted by Crippen LogP contribution is -2.43. The van der Waals surface area contributed by atoms with E-state index in [1.54, 1.807) is 24.1 Å². The van der Waals surface area contributed by atoms with Crippen LogP contribution in [0.4, 0.5) is 5.13 Å². The van der Waals surface area contributed by atoms with E-state index in [4.69, 9.17) is 26.1 Å². The zero-order valence-corrected chi connectivity index (χ0v) is 18.6. The van der Waals surface area contributed by atoms with Crippen LogP contribution in [0.15, 0.2) is 36.4 Å². The number of ether oxygens (including phenoxy) is 2. The van der Waals surface area contributed by atoms with Crippen LogP contribution in [0.1, 0.15) is 15.9 Å². The summed E-state index contributed by atoms with van der Waals surface area (Å²) in [7, 11) is 1.63. The standard InChI is InChI=1S/C22H24ClN3O3S/c1-15-7-8-18(28-2)19-20(15)30-22(24-19)26(10-9-25-11-13-29-14-12-25)21(27)16-5-3-4-6-17(16)23/h3-8H,9-14H2,1-2H3. The molecule has 2 aromatic carbocycles. The molecule has 3 aromatic rings. The number of fused-ring (bicyclic) bond motifs is 1. The van der Waals surface area contributed by atoms with Gasteiger partial charge in [0.15, 0.2) is 5.13 Å². The highest BCUT2D eigenvalue weighted by Gasteiger charge is 2.25. The third-order valence-corrected chi connectivity index (χ3v) is 6.78. The van der Waals surface area contributed by atoms with E-state index in [1.807, 2.05) is 31.2 Å². The third-order valence-electron chi connectivity index (χ3n) is 5.24. The van der Waals surface area contributed by atoms with Crippen molar-refractivity contribution in [3.8, 4) is 5.75 Å². The van der Waals surface area contributed by atoms with Gasteiger partial charge in [0.2, 0.25) is 0 Å². The van der Waals surface area contributed by atoms with E-state index < -0.39 is 0 Å². The lowest BCUT2D eigenvalue weighted by atomic mass is 10.2. The predicted octanol–water partition coefficient (Wildman–Crippen LogP) is 4.25. The predicted molar refractivity (Wildman–Crippen MR) is 121 cm³/mol. The van der Waals surface area contributed by atoms with Crippen molar-refractivity contribution in [1.29, 1.82) is 0 Å². The van der Waals surface area contributed by atoms with Gasteiger partial charge in [-0.15, -0.1) is 0 Å². The van der Waals surface area contributed by atoms with Gasteiger partial charge in [-0.25, -0.2) is 4.98 Å². The van der Waals surface area contributed by atoms with Crippen molar-refractivity contribution in [1.82, 2.24) is 9.88 Å². The van der Waals surface area contributed by atoms with Gasteiger partial charge in [-0.05, 0) is 30.7 Å². The van der Waals surface area contributed by atoms with Gasteiger partial charge >= 0.3 is 0 Å². The number of hydrogen-bond donors (Lipinski definition) is 0. The fraction of sp³-hybridized carbons (Fsp3) is 0.364. The summed E-state index contributed by atoms with van der Waals surface area (Å²) in [5.74, 6) is 0.556. The number of amides is 1. The average Bonchev–Trinajstić information content (AvgIpc) is 3.21. The van der Waals surface area contributed by atoms with Crippen molar-refractivity contribution < 1.29 is 14.3 Å². The number of hydrogen-bond acceptors (Lipinski definition) is 6. The molecule has 1 fully saturated rings. The summed E-state index contributed by atoms with van der Waals surface area (Å²) in [6.07, 6.45) is 0. The maximum atomic E-state index is 13.5. The Labute approximate surface area is 185 Å². The molecule has 0 aliphatic carbocycles. The molecule has 1 aromatic heterocycles. The summed E-state index contributed by atoms with van der Waals surface area (Å²) < 4.78 is 12.0. The molecule has 1 aliphatic heterocycles. The Morgan fingerprint density at radius 2 is 2.03 bits per heavy atom. The first-order valence-electron chi connectivity index (χ1n) is 9.89. The quantitative estimate of drug-likeness (QED) is 0.567. The summed E-state index contributed by atoms with van der Waals surface area (Å²) in [5.41, 5.74) is 2.36. The van der Waals surface area contributed by atoms with Crippen LogP contribution < -0.4 is 9.64 Å². The zero-order valence-electron chi connectivity index (χ0n) is 17.1. The summed E-state index contributed by atoms with van der Waals surface area (Å²) in [5, 5.41) is 1.09. The number of thiazole rings is 1. The molecule has 2 heterocycles. The monoisotopic (exact) mass is 445 g/mol. The Balaban J connectivity index is 1.71. The first kappa shape index (κ1) is 21.1. The zero-order chi connectivity index (χ0) is 21.1. The van der Waals surface area contributed by atoms with Crippen LogP contribution >= 0.6 is 22.9 Å². The number of carbonyl (C=O) groups is 1. The molecular weight excluding hydrogens is 422 g/mol. The molecule has 4 rings (SSSR count). The topological polar surface area (TPSA) is 54.9 Å². The number of nitrogens with zero attached hydrogens (tertiary/aromatic N) is 3. The summed E-state index contributed by atoms with van der Waals surface area (Å²) in [6, 6.07) is 11.1. The highest BCUT2D eigenvalue weighted by Crippen LogP contribution is 2.37. The fourth-order valence-corrected chi connectivity index (χ4v) is 4.80. The minimum absolute atomic E-state index is 0.149. The van der Waals surface area contributed by atoms with E-state index in [2.05, 4.69) is 4.90 Å². The molecule has 1 saturated heterocycles. The molecular formula is C22H24ClN3O3S. The van der Waals surface area contributed by atoms with Crippen LogP contribution in [0, 0.1) is 6.92 Å². The first-order valence-corrected chi connectivity index (χ1v) is 11.1. The molecule has 6 nitrogen and oxygen atoms in total. The fourth-order valence-electron chi connectivity index (χ4n) is 3.51. The molecule has 1 amide bonds. The number of aryl methyl sites for hydroxylation is 1. The molecule has 0 unspecified atom stereocenters. The van der Waals surface area contributed by atoms with E-state index in [9.17, 15) is 4.79 Å². The van der Waals surface area contributed by atoms with Crippen LogP contribution in [0.5, 0.6) is 5.75 Å². The van der Waals surface area contributed by atoms with Crippen molar-refractivity contribution in [3.63, 3.8) is 0 Å². The van der Waals surface area contributed by atoms with Crippen LogP contribution in [0.2, 0.25) is 5.02 Å². The van der Waals surface area contributed by atoms with E-state index in [0.29, 0.717) is 28.0 Å². The first-order chi connectivity index (χ1) is 14.6. The number of carbonyl (C=O) groups excluding carboxylic acids is 1. The minimum atomic E-state index is -0.149. The van der Waals surface area contributed by atoms with Crippen LogP contribution in [-0.2, 0) is 4.74 Å². The molecule has 8 heteroatoms. The van der Waals surface area contributed by atoms with E-state index in [1.165, 1.54) is 11.3 Å². The molecule has 0 spiro atoms. The second-order valence-electron chi connectivity index (χ2n) is 7.15. The Morgan fingerprint density at radius 3 is 2.77 bits per heavy atom. The molecule has 0 N–H and O–H groups in total. The van der Waals surface area contributed by atoms with Crippen molar-refractivity contribution >= 4 is 44.2 Å². The Bertz CT molecular complexity index is 1050. The van der Waals surface area contributed by atoms with Gasteiger partial charge in [0, 0.05) is 26.2 Å². The van der Waals surface area contributed by atoms with Gasteiger partial charge in [0.25, 0.3) is 5.91 Å². The minimum Gasteiger partial charge on any atom is -0.494 e. The van der Waals surface area contributed by atoms with Crippen molar-refractivity contribution in [3.05, 3.63) is 52.5 Å². The Hall–Kier alpha value is -2.19. The van der Waals surface area contributed by atoms with E-state index in [0.717, 1.165) is 48.6 Å². The van der Waals surface area contributed by atoms with Gasteiger partial charge in [-0.3, -0.25) is 14.6 Å². The number of methoxy groups -OCH3 is 1. The van der Waals surface area contributed by atoms with Gasteiger partial charge in [-0.1, -0.05) is 41.1 Å². The number of halogens is 1. The smallest absolute Gasteiger partial charge is 0.261 e. The summed E-state index contributed by atoms with van der Waals surface area (Å²) >= 11 is 7.84. The highest BCUT2D eigenvalue weighted by atomic mass is 35.5. The number of rotatable bonds is 6. The highest BCUT2D eigenvalue weighted by molar-refractivity contribution is 7.22. The van der Waals surface area contributed by atoms with Gasteiger partial charge in [-0.2, -0.15) is 0 Å². The van der Waals surface area contributed by atoms with Gasteiger partial charge < -0.3 is 9.47 Å². The number of morpholine rings is 1. The molecule has 0 radical (unpaired) electrons. The second kappa shape index (κ2) is 9.31. The van der Waals surface area contributed by atoms with Crippen LogP contribution in [0.3, 0.4) is 0 Å². The van der Waals surface area contributed by atoms with Crippen molar-refractivity contribution in [2.75, 3.05) is 51.4 Å². The average molecular weight is 446 g/mol. The number of aromatic nitrogens is 1. The molecule has 0 saturated carbocycles. The second-order valence-corrected chi connectivity index (χ2v) is 8.53. The van der Waals surface area contributed by atoms with Crippen molar-refractivity contribution in [2.45, 2.75) is 6.92 Å². The summed E-state index contributed by atoms with van der Waals surface area (Å²) in [4.78, 5) is 22.3.